The largest absolute Gasteiger partial charge is 0.494 e. The molecular formula is C17H26FN3OS. The molecule has 0 amide bonds. The summed E-state index contributed by atoms with van der Waals surface area (Å²) in [7, 11) is 1.80. The molecule has 0 radical (unpaired) electrons. The minimum Gasteiger partial charge on any atom is -0.494 e. The Hall–Kier alpha value is -1.43. The SMILES string of the molecule is CN=C(NCCCCOc1ccc(F)cc1)NCC1CCCS1. The van der Waals surface area contributed by atoms with Crippen LogP contribution in [0.25, 0.3) is 0 Å². The molecule has 4 nitrogen and oxygen atoms in total. The number of guanidine groups is 1. The molecule has 1 aromatic carbocycles. The molecule has 0 aliphatic carbocycles. The van der Waals surface area contributed by atoms with Crippen molar-refractivity contribution in [3.05, 3.63) is 30.1 Å². The van der Waals surface area contributed by atoms with E-state index < -0.39 is 0 Å². The lowest BCUT2D eigenvalue weighted by molar-refractivity contribution is 0.306. The first-order valence-corrected chi connectivity index (χ1v) is 9.27. The molecule has 2 N–H and O–H groups in total. The van der Waals surface area contributed by atoms with Crippen LogP contribution in [0, 0.1) is 5.82 Å². The maximum Gasteiger partial charge on any atom is 0.191 e. The minimum absolute atomic E-state index is 0.239. The Balaban J connectivity index is 1.50. The number of hydrogen-bond donors (Lipinski definition) is 2. The first kappa shape index (κ1) is 17.9. The fourth-order valence-electron chi connectivity index (χ4n) is 2.39. The Morgan fingerprint density at radius 2 is 2.13 bits per heavy atom. The van der Waals surface area contributed by atoms with Crippen molar-refractivity contribution in [2.45, 2.75) is 30.9 Å². The summed E-state index contributed by atoms with van der Waals surface area (Å²) in [6.45, 7) is 2.49. The van der Waals surface area contributed by atoms with Gasteiger partial charge in [-0.25, -0.2) is 4.39 Å². The van der Waals surface area contributed by atoms with Gasteiger partial charge in [0, 0.05) is 25.4 Å². The third-order valence-electron chi connectivity index (χ3n) is 3.69. The number of nitrogens with zero attached hydrogens (tertiary/aromatic N) is 1. The molecule has 1 atom stereocenters. The maximum atomic E-state index is 12.8. The molecule has 1 unspecified atom stereocenters. The summed E-state index contributed by atoms with van der Waals surface area (Å²) in [6.07, 6.45) is 4.58. The molecule has 0 aromatic heterocycles. The summed E-state index contributed by atoms with van der Waals surface area (Å²) >= 11 is 2.04. The monoisotopic (exact) mass is 339 g/mol. The average molecular weight is 339 g/mol. The lowest BCUT2D eigenvalue weighted by atomic mass is 10.2. The fourth-order valence-corrected chi connectivity index (χ4v) is 3.59. The van der Waals surface area contributed by atoms with Crippen LogP contribution in [0.4, 0.5) is 4.39 Å². The zero-order chi connectivity index (χ0) is 16.3. The van der Waals surface area contributed by atoms with Crippen LogP contribution in [-0.2, 0) is 0 Å². The van der Waals surface area contributed by atoms with E-state index in [4.69, 9.17) is 4.74 Å². The van der Waals surface area contributed by atoms with E-state index in [2.05, 4.69) is 15.6 Å². The Bertz CT molecular complexity index is 475. The van der Waals surface area contributed by atoms with Crippen LogP contribution in [0.15, 0.2) is 29.3 Å². The zero-order valence-electron chi connectivity index (χ0n) is 13.7. The van der Waals surface area contributed by atoms with Crippen molar-refractivity contribution in [2.24, 2.45) is 4.99 Å². The second kappa shape index (κ2) is 10.4. The van der Waals surface area contributed by atoms with Crippen molar-refractivity contribution in [1.29, 1.82) is 0 Å². The van der Waals surface area contributed by atoms with Gasteiger partial charge in [-0.2, -0.15) is 11.8 Å². The molecule has 128 valence electrons. The summed E-state index contributed by atoms with van der Waals surface area (Å²) in [4.78, 5) is 4.24. The van der Waals surface area contributed by atoms with Gasteiger partial charge in [-0.05, 0) is 55.7 Å². The van der Waals surface area contributed by atoms with Crippen LogP contribution in [0.3, 0.4) is 0 Å². The molecule has 0 bridgehead atoms. The smallest absolute Gasteiger partial charge is 0.191 e. The lowest BCUT2D eigenvalue weighted by Crippen LogP contribution is -2.40. The molecule has 1 fully saturated rings. The first-order valence-electron chi connectivity index (χ1n) is 8.22. The van der Waals surface area contributed by atoms with Gasteiger partial charge >= 0.3 is 0 Å². The normalized spacial score (nSPS) is 18.0. The summed E-state index contributed by atoms with van der Waals surface area (Å²) in [6, 6.07) is 6.13. The highest BCUT2D eigenvalue weighted by Gasteiger charge is 2.15. The van der Waals surface area contributed by atoms with E-state index in [0.717, 1.165) is 37.1 Å². The van der Waals surface area contributed by atoms with Crippen molar-refractivity contribution < 1.29 is 9.13 Å². The van der Waals surface area contributed by atoms with Crippen molar-refractivity contribution in [3.8, 4) is 5.75 Å². The van der Waals surface area contributed by atoms with E-state index >= 15 is 0 Å². The molecule has 0 spiro atoms. The number of nitrogens with one attached hydrogen (secondary N) is 2. The van der Waals surface area contributed by atoms with E-state index in [9.17, 15) is 4.39 Å². The predicted molar refractivity (Wildman–Crippen MR) is 96.0 cm³/mol. The molecule has 1 saturated heterocycles. The molecule has 1 heterocycles. The van der Waals surface area contributed by atoms with Crippen LogP contribution in [0.2, 0.25) is 0 Å². The fraction of sp³-hybridized carbons (Fsp3) is 0.588. The molecule has 1 aliphatic heterocycles. The van der Waals surface area contributed by atoms with E-state index in [1.54, 1.807) is 19.2 Å². The predicted octanol–water partition coefficient (Wildman–Crippen LogP) is 3.05. The minimum atomic E-state index is -0.239. The van der Waals surface area contributed by atoms with Gasteiger partial charge in [0.15, 0.2) is 5.96 Å². The first-order chi connectivity index (χ1) is 11.3. The van der Waals surface area contributed by atoms with Crippen LogP contribution in [0.5, 0.6) is 5.75 Å². The summed E-state index contributed by atoms with van der Waals surface area (Å²) < 4.78 is 18.3. The number of thioether (sulfide) groups is 1. The van der Waals surface area contributed by atoms with E-state index in [1.807, 2.05) is 11.8 Å². The number of ether oxygens (including phenoxy) is 1. The quantitative estimate of drug-likeness (QED) is 0.434. The zero-order valence-corrected chi connectivity index (χ0v) is 14.5. The highest BCUT2D eigenvalue weighted by Crippen LogP contribution is 2.25. The van der Waals surface area contributed by atoms with Crippen molar-refractivity contribution in [1.82, 2.24) is 10.6 Å². The highest BCUT2D eigenvalue weighted by atomic mass is 32.2. The van der Waals surface area contributed by atoms with Crippen LogP contribution < -0.4 is 15.4 Å². The highest BCUT2D eigenvalue weighted by molar-refractivity contribution is 8.00. The Morgan fingerprint density at radius 1 is 1.30 bits per heavy atom. The van der Waals surface area contributed by atoms with Gasteiger partial charge in [-0.15, -0.1) is 0 Å². The second-order valence-corrected chi connectivity index (χ2v) is 6.93. The van der Waals surface area contributed by atoms with Crippen LogP contribution in [0.1, 0.15) is 25.7 Å². The number of aliphatic imine (C=N–C) groups is 1. The van der Waals surface area contributed by atoms with Crippen molar-refractivity contribution in [3.63, 3.8) is 0 Å². The third kappa shape index (κ3) is 7.12. The average Bonchev–Trinajstić information content (AvgIpc) is 3.08. The number of rotatable bonds is 8. The molecule has 1 aliphatic rings. The van der Waals surface area contributed by atoms with Gasteiger partial charge in [-0.3, -0.25) is 4.99 Å². The van der Waals surface area contributed by atoms with E-state index in [1.165, 1.54) is 30.7 Å². The summed E-state index contributed by atoms with van der Waals surface area (Å²) in [5.41, 5.74) is 0. The topological polar surface area (TPSA) is 45.7 Å². The van der Waals surface area contributed by atoms with Gasteiger partial charge in [0.2, 0.25) is 0 Å². The number of halogens is 1. The molecule has 2 rings (SSSR count). The van der Waals surface area contributed by atoms with Gasteiger partial charge in [-0.1, -0.05) is 0 Å². The van der Waals surface area contributed by atoms with Crippen molar-refractivity contribution >= 4 is 17.7 Å². The number of benzene rings is 1. The molecular weight excluding hydrogens is 313 g/mol. The third-order valence-corrected chi connectivity index (χ3v) is 5.09. The number of hydrogen-bond acceptors (Lipinski definition) is 3. The van der Waals surface area contributed by atoms with Gasteiger partial charge in [0.25, 0.3) is 0 Å². The Kier molecular flexibility index (Phi) is 8.07. The summed E-state index contributed by atoms with van der Waals surface area (Å²) in [5, 5.41) is 7.43. The van der Waals surface area contributed by atoms with Crippen molar-refractivity contribution in [2.75, 3.05) is 32.5 Å². The Labute approximate surface area is 142 Å². The van der Waals surface area contributed by atoms with Gasteiger partial charge in [0.1, 0.15) is 11.6 Å². The standard InChI is InChI=1S/C17H26FN3OS/c1-19-17(21-13-16-5-4-12-23-16)20-10-2-3-11-22-15-8-6-14(18)7-9-15/h6-9,16H,2-5,10-13H2,1H3,(H2,19,20,21). The lowest BCUT2D eigenvalue weighted by Gasteiger charge is -2.14. The van der Waals surface area contributed by atoms with Gasteiger partial charge < -0.3 is 15.4 Å². The molecule has 1 aromatic rings. The molecule has 6 heteroatoms. The molecule has 0 saturated carbocycles. The van der Waals surface area contributed by atoms with E-state index in [-0.39, 0.29) is 5.82 Å². The Morgan fingerprint density at radius 3 is 2.83 bits per heavy atom. The van der Waals surface area contributed by atoms with Crippen LogP contribution >= 0.6 is 11.8 Å². The van der Waals surface area contributed by atoms with E-state index in [0.29, 0.717) is 12.4 Å². The second-order valence-electron chi connectivity index (χ2n) is 5.52. The van der Waals surface area contributed by atoms with Gasteiger partial charge in [0.05, 0.1) is 6.61 Å². The summed E-state index contributed by atoms with van der Waals surface area (Å²) in [5.74, 6) is 2.63. The number of unbranched alkanes of at least 4 members (excludes halogenated alkanes) is 1. The molecule has 23 heavy (non-hydrogen) atoms. The van der Waals surface area contributed by atoms with Crippen LogP contribution in [-0.4, -0.2) is 43.7 Å². The maximum absolute atomic E-state index is 12.8.